The Balaban J connectivity index is 1.42. The van der Waals surface area contributed by atoms with Crippen molar-refractivity contribution < 1.29 is 0 Å². The molecule has 3 aromatic rings. The number of guanidine groups is 1. The normalized spacial score (nSPS) is 16.0. The van der Waals surface area contributed by atoms with Crippen LogP contribution in [-0.2, 0) is 12.0 Å². The van der Waals surface area contributed by atoms with Crippen molar-refractivity contribution in [1.82, 2.24) is 20.0 Å². The van der Waals surface area contributed by atoms with Crippen LogP contribution in [0.3, 0.4) is 0 Å². The van der Waals surface area contributed by atoms with Crippen LogP contribution in [0.1, 0.15) is 31.0 Å². The number of fused-ring (bicyclic) bond motifs is 1. The lowest BCUT2D eigenvalue weighted by molar-refractivity contribution is 0.646. The first-order valence-electron chi connectivity index (χ1n) is 8.88. The van der Waals surface area contributed by atoms with Crippen molar-refractivity contribution in [3.63, 3.8) is 0 Å². The topological polar surface area (TPSA) is 53.7 Å². The van der Waals surface area contributed by atoms with E-state index in [1.165, 1.54) is 18.4 Å². The van der Waals surface area contributed by atoms with E-state index < -0.39 is 0 Å². The van der Waals surface area contributed by atoms with E-state index in [2.05, 4.69) is 34.7 Å². The van der Waals surface area contributed by atoms with Crippen LogP contribution >= 0.6 is 22.9 Å². The number of aromatic nitrogens is 2. The van der Waals surface area contributed by atoms with Crippen LogP contribution in [0.25, 0.3) is 4.96 Å². The lowest BCUT2D eigenvalue weighted by Crippen LogP contribution is -2.41. The molecular formula is C19H22ClN5S. The summed E-state index contributed by atoms with van der Waals surface area (Å²) in [6, 6.07) is 8.21. The number of imidazole rings is 1. The van der Waals surface area contributed by atoms with Gasteiger partial charge in [0.2, 0.25) is 0 Å². The molecule has 1 aromatic carbocycles. The monoisotopic (exact) mass is 387 g/mol. The molecule has 2 heterocycles. The van der Waals surface area contributed by atoms with E-state index in [1.807, 2.05) is 34.3 Å². The third-order valence-electron chi connectivity index (χ3n) is 4.77. The van der Waals surface area contributed by atoms with Gasteiger partial charge in [-0.2, -0.15) is 0 Å². The van der Waals surface area contributed by atoms with Crippen molar-refractivity contribution in [3.8, 4) is 0 Å². The van der Waals surface area contributed by atoms with Crippen molar-refractivity contribution >= 4 is 33.9 Å². The molecule has 0 spiro atoms. The molecule has 0 aliphatic heterocycles. The van der Waals surface area contributed by atoms with Gasteiger partial charge in [-0.25, -0.2) is 9.98 Å². The number of benzene rings is 1. The summed E-state index contributed by atoms with van der Waals surface area (Å²) in [7, 11) is 0. The second-order valence-electron chi connectivity index (χ2n) is 6.66. The van der Waals surface area contributed by atoms with Crippen LogP contribution in [0.2, 0.25) is 5.02 Å². The summed E-state index contributed by atoms with van der Waals surface area (Å²) in [6.45, 7) is 4.33. The Morgan fingerprint density at radius 1 is 1.38 bits per heavy atom. The van der Waals surface area contributed by atoms with E-state index in [1.54, 1.807) is 11.3 Å². The lowest BCUT2D eigenvalue weighted by Gasteiger charge is -2.19. The largest absolute Gasteiger partial charge is 0.357 e. The van der Waals surface area contributed by atoms with Crippen molar-refractivity contribution in [2.75, 3.05) is 13.1 Å². The molecule has 0 amide bonds. The first-order chi connectivity index (χ1) is 12.7. The van der Waals surface area contributed by atoms with Gasteiger partial charge in [0.1, 0.15) is 0 Å². The molecule has 4 rings (SSSR count). The number of rotatable bonds is 6. The number of thiazole rings is 1. The Morgan fingerprint density at radius 3 is 3.00 bits per heavy atom. The lowest BCUT2D eigenvalue weighted by atomic mass is 9.96. The molecule has 26 heavy (non-hydrogen) atoms. The highest BCUT2D eigenvalue weighted by Crippen LogP contribution is 2.48. The SMILES string of the molecule is CCNC(=NCc1cn2ccsc2n1)NCC1(c2cccc(Cl)c2)CC1. The van der Waals surface area contributed by atoms with Crippen molar-refractivity contribution in [1.29, 1.82) is 0 Å². The predicted octanol–water partition coefficient (Wildman–Crippen LogP) is 3.84. The van der Waals surface area contributed by atoms with Gasteiger partial charge in [-0.1, -0.05) is 23.7 Å². The zero-order chi connectivity index (χ0) is 18.0. The van der Waals surface area contributed by atoms with Gasteiger partial charge < -0.3 is 10.6 Å². The maximum Gasteiger partial charge on any atom is 0.193 e. The molecule has 7 heteroatoms. The highest BCUT2D eigenvalue weighted by Gasteiger charge is 2.44. The molecular weight excluding hydrogens is 366 g/mol. The van der Waals surface area contributed by atoms with Gasteiger partial charge in [0, 0.05) is 41.3 Å². The van der Waals surface area contributed by atoms with Crippen molar-refractivity contribution in [2.24, 2.45) is 4.99 Å². The summed E-state index contributed by atoms with van der Waals surface area (Å²) in [6.07, 6.45) is 6.41. The minimum atomic E-state index is 0.179. The standard InChI is InChI=1S/C19H22ClN5S/c1-2-21-17(22-11-16-12-25-8-9-26-18(25)24-16)23-13-19(6-7-19)14-4-3-5-15(20)10-14/h3-5,8-10,12H,2,6-7,11,13H2,1H3,(H2,21,22,23). The number of aliphatic imine (C=N–C) groups is 1. The third kappa shape index (κ3) is 3.71. The van der Waals surface area contributed by atoms with Gasteiger partial charge in [-0.05, 0) is 37.5 Å². The quantitative estimate of drug-likeness (QED) is 0.499. The van der Waals surface area contributed by atoms with Gasteiger partial charge in [0.25, 0.3) is 0 Å². The minimum Gasteiger partial charge on any atom is -0.357 e. The highest BCUT2D eigenvalue weighted by molar-refractivity contribution is 7.15. The molecule has 1 aliphatic carbocycles. The van der Waals surface area contributed by atoms with Crippen LogP contribution < -0.4 is 10.6 Å². The van der Waals surface area contributed by atoms with Crippen LogP contribution in [0.4, 0.5) is 0 Å². The van der Waals surface area contributed by atoms with E-state index >= 15 is 0 Å². The Morgan fingerprint density at radius 2 is 2.27 bits per heavy atom. The Labute approximate surface area is 162 Å². The second-order valence-corrected chi connectivity index (χ2v) is 7.97. The molecule has 0 bridgehead atoms. The highest BCUT2D eigenvalue weighted by atomic mass is 35.5. The number of halogens is 1. The third-order valence-corrected chi connectivity index (χ3v) is 5.78. The van der Waals surface area contributed by atoms with E-state index in [0.717, 1.165) is 34.7 Å². The van der Waals surface area contributed by atoms with Gasteiger partial charge in [-0.3, -0.25) is 4.40 Å². The number of nitrogens with zero attached hydrogens (tertiary/aromatic N) is 3. The Kier molecular flexibility index (Phi) is 4.87. The predicted molar refractivity (Wildman–Crippen MR) is 108 cm³/mol. The molecule has 5 nitrogen and oxygen atoms in total. The summed E-state index contributed by atoms with van der Waals surface area (Å²) < 4.78 is 2.04. The van der Waals surface area contributed by atoms with Crippen molar-refractivity contribution in [3.05, 3.63) is 58.3 Å². The van der Waals surface area contributed by atoms with Crippen LogP contribution in [-0.4, -0.2) is 28.4 Å². The molecule has 0 unspecified atom stereocenters. The zero-order valence-corrected chi connectivity index (χ0v) is 16.3. The fourth-order valence-corrected chi connectivity index (χ4v) is 4.05. The van der Waals surface area contributed by atoms with Gasteiger partial charge >= 0.3 is 0 Å². The summed E-state index contributed by atoms with van der Waals surface area (Å²) >= 11 is 7.80. The first-order valence-corrected chi connectivity index (χ1v) is 10.1. The summed E-state index contributed by atoms with van der Waals surface area (Å²) in [4.78, 5) is 10.3. The molecule has 136 valence electrons. The molecule has 0 atom stereocenters. The van der Waals surface area contributed by atoms with Gasteiger partial charge in [0.15, 0.2) is 10.9 Å². The molecule has 2 aromatic heterocycles. The van der Waals surface area contributed by atoms with Crippen molar-refractivity contribution in [2.45, 2.75) is 31.7 Å². The summed E-state index contributed by atoms with van der Waals surface area (Å²) in [5, 5.41) is 9.66. The molecule has 1 saturated carbocycles. The average Bonchev–Trinajstić information content (AvgIpc) is 3.14. The number of nitrogens with one attached hydrogen (secondary N) is 2. The summed E-state index contributed by atoms with van der Waals surface area (Å²) in [5.74, 6) is 0.831. The van der Waals surface area contributed by atoms with Gasteiger partial charge in [-0.15, -0.1) is 11.3 Å². The fourth-order valence-electron chi connectivity index (χ4n) is 3.14. The molecule has 0 saturated heterocycles. The molecule has 1 fully saturated rings. The van der Waals surface area contributed by atoms with E-state index in [9.17, 15) is 0 Å². The van der Waals surface area contributed by atoms with E-state index in [4.69, 9.17) is 16.6 Å². The minimum absolute atomic E-state index is 0.179. The molecule has 2 N–H and O–H groups in total. The van der Waals surface area contributed by atoms with E-state index in [-0.39, 0.29) is 5.41 Å². The number of hydrogen-bond acceptors (Lipinski definition) is 3. The maximum absolute atomic E-state index is 6.17. The maximum atomic E-state index is 6.17. The Bertz CT molecular complexity index is 896. The zero-order valence-electron chi connectivity index (χ0n) is 14.7. The Hall–Kier alpha value is -2.05. The molecule has 1 aliphatic rings. The second kappa shape index (κ2) is 7.29. The average molecular weight is 388 g/mol. The summed E-state index contributed by atoms with van der Waals surface area (Å²) in [5.41, 5.74) is 2.46. The van der Waals surface area contributed by atoms with E-state index in [0.29, 0.717) is 6.54 Å². The fraction of sp³-hybridized carbons (Fsp3) is 0.368. The molecule has 0 radical (unpaired) electrons. The van der Waals surface area contributed by atoms with Crippen LogP contribution in [0.15, 0.2) is 47.0 Å². The van der Waals surface area contributed by atoms with Gasteiger partial charge in [0.05, 0.1) is 12.2 Å². The number of hydrogen-bond donors (Lipinski definition) is 2. The van der Waals surface area contributed by atoms with Crippen LogP contribution in [0, 0.1) is 0 Å². The smallest absolute Gasteiger partial charge is 0.193 e. The van der Waals surface area contributed by atoms with Crippen LogP contribution in [0.5, 0.6) is 0 Å². The first kappa shape index (κ1) is 17.4.